The van der Waals surface area contributed by atoms with Gasteiger partial charge in [-0.3, -0.25) is 0 Å². The number of nitrogens with zero attached hydrogens (tertiary/aromatic N) is 2. The number of nitrogens with one attached hydrogen (secondary N) is 1. The molecular formula is C11H19N3O2. The second kappa shape index (κ2) is 6.27. The third-order valence-electron chi connectivity index (χ3n) is 2.19. The van der Waals surface area contributed by atoms with Crippen molar-refractivity contribution < 1.29 is 9.84 Å². The molecule has 1 aromatic rings. The highest BCUT2D eigenvalue weighted by atomic mass is 16.5. The number of aryl methyl sites for hydroxylation is 1. The lowest BCUT2D eigenvalue weighted by Crippen LogP contribution is -2.09. The molecule has 5 nitrogen and oxygen atoms in total. The van der Waals surface area contributed by atoms with Gasteiger partial charge in [-0.25, -0.2) is 4.98 Å². The second-order valence-corrected chi connectivity index (χ2v) is 3.49. The van der Waals surface area contributed by atoms with Crippen molar-refractivity contribution in [2.45, 2.75) is 26.7 Å². The summed E-state index contributed by atoms with van der Waals surface area (Å²) >= 11 is 0. The normalized spacial score (nSPS) is 10.2. The predicted octanol–water partition coefficient (Wildman–Crippen LogP) is 1.15. The molecule has 0 aliphatic carbocycles. The molecule has 0 aromatic carbocycles. The van der Waals surface area contributed by atoms with Crippen LogP contribution in [0.2, 0.25) is 0 Å². The Morgan fingerprint density at radius 3 is 2.69 bits per heavy atom. The lowest BCUT2D eigenvalue weighted by molar-refractivity contribution is 0.195. The van der Waals surface area contributed by atoms with Crippen LogP contribution < -0.4 is 10.1 Å². The summed E-state index contributed by atoms with van der Waals surface area (Å²) in [6.07, 6.45) is 1.82. The SMILES string of the molecule is CCCc1nc(NC)c(C)c(OCCO)n1. The zero-order valence-corrected chi connectivity index (χ0v) is 10.1. The molecule has 5 heteroatoms. The van der Waals surface area contributed by atoms with Crippen LogP contribution in [0.25, 0.3) is 0 Å². The Kier molecular flexibility index (Phi) is 4.98. The van der Waals surface area contributed by atoms with Crippen molar-refractivity contribution in [2.75, 3.05) is 25.6 Å². The van der Waals surface area contributed by atoms with E-state index in [9.17, 15) is 0 Å². The highest BCUT2D eigenvalue weighted by Crippen LogP contribution is 2.21. The summed E-state index contributed by atoms with van der Waals surface area (Å²) in [6.45, 7) is 4.22. The molecule has 0 saturated carbocycles. The van der Waals surface area contributed by atoms with Crippen LogP contribution in [0.5, 0.6) is 5.88 Å². The lowest BCUT2D eigenvalue weighted by Gasteiger charge is -2.12. The number of hydrogen-bond donors (Lipinski definition) is 2. The first-order chi connectivity index (χ1) is 7.72. The fourth-order valence-corrected chi connectivity index (χ4v) is 1.40. The molecular weight excluding hydrogens is 206 g/mol. The Morgan fingerprint density at radius 2 is 2.12 bits per heavy atom. The van der Waals surface area contributed by atoms with Crippen LogP contribution >= 0.6 is 0 Å². The zero-order valence-electron chi connectivity index (χ0n) is 10.1. The molecule has 0 atom stereocenters. The molecule has 0 aliphatic heterocycles. The van der Waals surface area contributed by atoms with Gasteiger partial charge in [0.05, 0.1) is 12.2 Å². The summed E-state index contributed by atoms with van der Waals surface area (Å²) in [6, 6.07) is 0. The van der Waals surface area contributed by atoms with E-state index in [0.717, 1.165) is 30.0 Å². The minimum atomic E-state index is -0.0125. The van der Waals surface area contributed by atoms with E-state index in [-0.39, 0.29) is 13.2 Å². The van der Waals surface area contributed by atoms with Crippen molar-refractivity contribution >= 4 is 5.82 Å². The van der Waals surface area contributed by atoms with Crippen LogP contribution in [0, 0.1) is 6.92 Å². The van der Waals surface area contributed by atoms with Gasteiger partial charge in [0.25, 0.3) is 0 Å². The summed E-state index contributed by atoms with van der Waals surface area (Å²) in [5.74, 6) is 2.11. The topological polar surface area (TPSA) is 67.3 Å². The largest absolute Gasteiger partial charge is 0.475 e. The molecule has 0 unspecified atom stereocenters. The van der Waals surface area contributed by atoms with E-state index in [4.69, 9.17) is 9.84 Å². The Morgan fingerprint density at radius 1 is 1.38 bits per heavy atom. The molecule has 0 aliphatic rings. The zero-order chi connectivity index (χ0) is 12.0. The van der Waals surface area contributed by atoms with Crippen LogP contribution in [0.1, 0.15) is 24.7 Å². The van der Waals surface area contributed by atoms with E-state index >= 15 is 0 Å². The van der Waals surface area contributed by atoms with E-state index < -0.39 is 0 Å². The molecule has 2 N–H and O–H groups in total. The molecule has 1 heterocycles. The Hall–Kier alpha value is -1.36. The van der Waals surface area contributed by atoms with Crippen molar-refractivity contribution in [2.24, 2.45) is 0 Å². The average Bonchev–Trinajstić information content (AvgIpc) is 2.29. The molecule has 0 spiro atoms. The standard InChI is InChI=1S/C11H19N3O2/c1-4-5-9-13-10(12-3)8(2)11(14-9)16-7-6-15/h15H,4-7H2,1-3H3,(H,12,13,14). The molecule has 0 fully saturated rings. The van der Waals surface area contributed by atoms with Gasteiger partial charge in [0.2, 0.25) is 5.88 Å². The second-order valence-electron chi connectivity index (χ2n) is 3.49. The van der Waals surface area contributed by atoms with Gasteiger partial charge in [-0.2, -0.15) is 4.98 Å². The van der Waals surface area contributed by atoms with Crippen molar-refractivity contribution in [1.82, 2.24) is 9.97 Å². The van der Waals surface area contributed by atoms with Gasteiger partial charge >= 0.3 is 0 Å². The first-order valence-electron chi connectivity index (χ1n) is 5.51. The number of aromatic nitrogens is 2. The third kappa shape index (κ3) is 3.06. The van der Waals surface area contributed by atoms with Crippen molar-refractivity contribution in [3.63, 3.8) is 0 Å². The van der Waals surface area contributed by atoms with Gasteiger partial charge in [0.15, 0.2) is 0 Å². The smallest absolute Gasteiger partial charge is 0.221 e. The summed E-state index contributed by atoms with van der Waals surface area (Å²) in [5, 5.41) is 11.8. The summed E-state index contributed by atoms with van der Waals surface area (Å²) < 4.78 is 5.37. The van der Waals surface area contributed by atoms with Crippen molar-refractivity contribution in [3.05, 3.63) is 11.4 Å². The molecule has 0 radical (unpaired) electrons. The van der Waals surface area contributed by atoms with Gasteiger partial charge in [-0.15, -0.1) is 0 Å². The van der Waals surface area contributed by atoms with Crippen LogP contribution in [0.4, 0.5) is 5.82 Å². The van der Waals surface area contributed by atoms with Crippen LogP contribution in [-0.2, 0) is 6.42 Å². The van der Waals surface area contributed by atoms with Gasteiger partial charge in [-0.1, -0.05) is 6.92 Å². The van der Waals surface area contributed by atoms with Crippen LogP contribution in [0.15, 0.2) is 0 Å². The number of aliphatic hydroxyl groups is 1. The molecule has 0 saturated heterocycles. The summed E-state index contributed by atoms with van der Waals surface area (Å²) in [7, 11) is 1.82. The third-order valence-corrected chi connectivity index (χ3v) is 2.19. The fraction of sp³-hybridized carbons (Fsp3) is 0.636. The first-order valence-corrected chi connectivity index (χ1v) is 5.51. The Balaban J connectivity index is 2.98. The number of aliphatic hydroxyl groups excluding tert-OH is 1. The van der Waals surface area contributed by atoms with E-state index in [0.29, 0.717) is 5.88 Å². The monoisotopic (exact) mass is 225 g/mol. The highest BCUT2D eigenvalue weighted by Gasteiger charge is 2.10. The van der Waals surface area contributed by atoms with Gasteiger partial charge < -0.3 is 15.2 Å². The quantitative estimate of drug-likeness (QED) is 0.760. The van der Waals surface area contributed by atoms with Gasteiger partial charge in [-0.05, 0) is 13.3 Å². The van der Waals surface area contributed by atoms with E-state index in [1.807, 2.05) is 14.0 Å². The summed E-state index contributed by atoms with van der Waals surface area (Å²) in [4.78, 5) is 8.71. The Labute approximate surface area is 95.9 Å². The molecule has 90 valence electrons. The summed E-state index contributed by atoms with van der Waals surface area (Å²) in [5.41, 5.74) is 0.871. The number of rotatable bonds is 6. The maximum Gasteiger partial charge on any atom is 0.221 e. The van der Waals surface area contributed by atoms with E-state index in [2.05, 4.69) is 22.2 Å². The maximum atomic E-state index is 8.73. The maximum absolute atomic E-state index is 8.73. The van der Waals surface area contributed by atoms with Crippen LogP contribution in [-0.4, -0.2) is 35.3 Å². The van der Waals surface area contributed by atoms with Crippen LogP contribution in [0.3, 0.4) is 0 Å². The van der Waals surface area contributed by atoms with Crippen molar-refractivity contribution in [1.29, 1.82) is 0 Å². The number of anilines is 1. The number of ether oxygens (including phenoxy) is 1. The predicted molar refractivity (Wildman–Crippen MR) is 62.9 cm³/mol. The average molecular weight is 225 g/mol. The van der Waals surface area contributed by atoms with Gasteiger partial charge in [0, 0.05) is 13.5 Å². The minimum Gasteiger partial charge on any atom is -0.475 e. The molecule has 0 amide bonds. The first kappa shape index (κ1) is 12.7. The number of hydrogen-bond acceptors (Lipinski definition) is 5. The fourth-order valence-electron chi connectivity index (χ4n) is 1.40. The molecule has 1 aromatic heterocycles. The minimum absolute atomic E-state index is 0.0125. The molecule has 16 heavy (non-hydrogen) atoms. The van der Waals surface area contributed by atoms with E-state index in [1.54, 1.807) is 0 Å². The van der Waals surface area contributed by atoms with Crippen molar-refractivity contribution in [3.8, 4) is 5.88 Å². The Bertz CT molecular complexity index is 342. The van der Waals surface area contributed by atoms with Gasteiger partial charge in [0.1, 0.15) is 18.2 Å². The molecule has 0 bridgehead atoms. The molecule has 1 rings (SSSR count). The lowest BCUT2D eigenvalue weighted by atomic mass is 10.3. The highest BCUT2D eigenvalue weighted by molar-refractivity contribution is 5.48. The van der Waals surface area contributed by atoms with E-state index in [1.165, 1.54) is 0 Å².